The first kappa shape index (κ1) is 22.0. The first-order valence-electron chi connectivity index (χ1n) is 10.6. The average Bonchev–Trinajstić information content (AvgIpc) is 2.70. The van der Waals surface area contributed by atoms with Crippen molar-refractivity contribution in [2.24, 2.45) is 4.99 Å². The molecule has 156 valence electrons. The van der Waals surface area contributed by atoms with Crippen LogP contribution >= 0.6 is 0 Å². The molecule has 0 aromatic heterocycles. The number of carbonyl (C=O) groups is 1. The van der Waals surface area contributed by atoms with Crippen LogP contribution in [0.15, 0.2) is 4.99 Å². The molecule has 1 saturated heterocycles. The largest absolute Gasteiger partial charge is 0.378 e. The Bertz CT molecular complexity index is 445. The smallest absolute Gasteiger partial charge is 0.243 e. The summed E-state index contributed by atoms with van der Waals surface area (Å²) in [5.41, 5.74) is 0. The van der Waals surface area contributed by atoms with Crippen molar-refractivity contribution in [3.05, 3.63) is 0 Å². The molecule has 1 amide bonds. The zero-order valence-electron chi connectivity index (χ0n) is 17.2. The summed E-state index contributed by atoms with van der Waals surface area (Å²) < 4.78 is 11.7. The normalized spacial score (nSPS) is 21.7. The van der Waals surface area contributed by atoms with E-state index in [0.717, 1.165) is 45.6 Å². The summed E-state index contributed by atoms with van der Waals surface area (Å²) in [4.78, 5) is 17.8. The number of carbonyl (C=O) groups excluding carboxylic acids is 1. The van der Waals surface area contributed by atoms with Gasteiger partial charge in [0.25, 0.3) is 0 Å². The van der Waals surface area contributed by atoms with Gasteiger partial charge in [-0.15, -0.1) is 0 Å². The zero-order chi connectivity index (χ0) is 19.3. The van der Waals surface area contributed by atoms with Crippen LogP contribution in [0.4, 0.5) is 0 Å². The Morgan fingerprint density at radius 2 is 1.89 bits per heavy atom. The molecule has 2 rings (SSSR count). The lowest BCUT2D eigenvalue weighted by Gasteiger charge is -2.24. The lowest BCUT2D eigenvalue weighted by Crippen LogP contribution is -2.43. The number of nitrogens with zero attached hydrogens (tertiary/aromatic N) is 2. The lowest BCUT2D eigenvalue weighted by atomic mass is 9.98. The molecule has 0 bridgehead atoms. The molecular weight excluding hydrogens is 344 g/mol. The fourth-order valence-electron chi connectivity index (χ4n) is 3.40. The minimum atomic E-state index is -0.00866. The van der Waals surface area contributed by atoms with Gasteiger partial charge in [-0.3, -0.25) is 4.79 Å². The van der Waals surface area contributed by atoms with E-state index in [-0.39, 0.29) is 18.6 Å². The van der Waals surface area contributed by atoms with Gasteiger partial charge >= 0.3 is 0 Å². The molecule has 1 saturated carbocycles. The number of guanidine groups is 1. The number of rotatable bonds is 9. The van der Waals surface area contributed by atoms with Crippen LogP contribution in [0.25, 0.3) is 0 Å². The molecule has 7 heteroatoms. The quantitative estimate of drug-likeness (QED) is 0.362. The molecule has 2 fully saturated rings. The molecule has 1 heterocycles. The number of ether oxygens (including phenoxy) is 2. The van der Waals surface area contributed by atoms with Gasteiger partial charge in [-0.1, -0.05) is 19.3 Å². The molecule has 0 aromatic rings. The van der Waals surface area contributed by atoms with E-state index in [0.29, 0.717) is 12.1 Å². The van der Waals surface area contributed by atoms with Gasteiger partial charge in [-0.2, -0.15) is 0 Å². The van der Waals surface area contributed by atoms with Crippen LogP contribution < -0.4 is 10.6 Å². The van der Waals surface area contributed by atoms with Gasteiger partial charge < -0.3 is 25.0 Å². The molecule has 27 heavy (non-hydrogen) atoms. The predicted molar refractivity (Wildman–Crippen MR) is 108 cm³/mol. The second-order valence-corrected chi connectivity index (χ2v) is 7.73. The number of likely N-dealkylation sites (N-methyl/N-ethyl adjacent to an activating group) is 1. The summed E-state index contributed by atoms with van der Waals surface area (Å²) in [7, 11) is 3.49. The summed E-state index contributed by atoms with van der Waals surface area (Å²) in [6, 6.07) is 0. The Kier molecular flexibility index (Phi) is 10.5. The molecule has 1 aliphatic heterocycles. The predicted octanol–water partition coefficient (Wildman–Crippen LogP) is 1.92. The van der Waals surface area contributed by atoms with Crippen molar-refractivity contribution in [1.82, 2.24) is 15.5 Å². The second kappa shape index (κ2) is 12.9. The Hall–Kier alpha value is -1.34. The maximum absolute atomic E-state index is 11.8. The second-order valence-electron chi connectivity index (χ2n) is 7.73. The van der Waals surface area contributed by atoms with Crippen LogP contribution in [-0.2, 0) is 14.3 Å². The number of amides is 1. The SMILES string of the molecule is CN(C)C(=O)CN=C(NCCCOC1CCCCC1)NCC1CCCCO1. The maximum Gasteiger partial charge on any atom is 0.243 e. The third-order valence-corrected chi connectivity index (χ3v) is 5.16. The monoisotopic (exact) mass is 382 g/mol. The van der Waals surface area contributed by atoms with Crippen molar-refractivity contribution < 1.29 is 14.3 Å². The Morgan fingerprint density at radius 1 is 1.11 bits per heavy atom. The van der Waals surface area contributed by atoms with E-state index in [1.807, 2.05) is 0 Å². The number of nitrogens with one attached hydrogen (secondary N) is 2. The van der Waals surface area contributed by atoms with Gasteiger partial charge in [0.2, 0.25) is 5.91 Å². The molecule has 0 aromatic carbocycles. The number of aliphatic imine (C=N–C) groups is 1. The molecule has 1 atom stereocenters. The Balaban J connectivity index is 1.69. The highest BCUT2D eigenvalue weighted by molar-refractivity contribution is 5.84. The van der Waals surface area contributed by atoms with Crippen molar-refractivity contribution >= 4 is 11.9 Å². The summed E-state index contributed by atoms with van der Waals surface area (Å²) in [6.45, 7) is 3.25. The van der Waals surface area contributed by atoms with Crippen LogP contribution in [0, 0.1) is 0 Å². The lowest BCUT2D eigenvalue weighted by molar-refractivity contribution is -0.127. The third kappa shape index (κ3) is 9.42. The van der Waals surface area contributed by atoms with E-state index in [1.54, 1.807) is 19.0 Å². The maximum atomic E-state index is 11.8. The van der Waals surface area contributed by atoms with Gasteiger partial charge in [0.15, 0.2) is 5.96 Å². The van der Waals surface area contributed by atoms with Gasteiger partial charge in [0.1, 0.15) is 6.54 Å². The highest BCUT2D eigenvalue weighted by Gasteiger charge is 2.15. The van der Waals surface area contributed by atoms with Crippen molar-refractivity contribution in [3.8, 4) is 0 Å². The van der Waals surface area contributed by atoms with Crippen LogP contribution in [0.2, 0.25) is 0 Å². The minimum Gasteiger partial charge on any atom is -0.378 e. The Labute approximate surface area is 164 Å². The van der Waals surface area contributed by atoms with Gasteiger partial charge in [0.05, 0.1) is 12.2 Å². The van der Waals surface area contributed by atoms with E-state index in [4.69, 9.17) is 9.47 Å². The third-order valence-electron chi connectivity index (χ3n) is 5.16. The van der Waals surface area contributed by atoms with Crippen molar-refractivity contribution in [2.45, 2.75) is 70.0 Å². The van der Waals surface area contributed by atoms with E-state index >= 15 is 0 Å². The molecular formula is C20H38N4O3. The minimum absolute atomic E-state index is 0.00866. The van der Waals surface area contributed by atoms with Gasteiger partial charge in [0, 0.05) is 40.4 Å². The molecule has 1 unspecified atom stereocenters. The van der Waals surface area contributed by atoms with Crippen molar-refractivity contribution in [1.29, 1.82) is 0 Å². The average molecular weight is 383 g/mol. The molecule has 2 aliphatic rings. The highest BCUT2D eigenvalue weighted by Crippen LogP contribution is 2.20. The van der Waals surface area contributed by atoms with Gasteiger partial charge in [-0.25, -0.2) is 4.99 Å². The standard InChI is InChI=1S/C20H38N4O3/c1-24(2)19(25)16-23-20(22-15-18-11-6-7-13-27-18)21-12-8-14-26-17-9-4-3-5-10-17/h17-18H,3-16H2,1-2H3,(H2,21,22,23). The number of hydrogen-bond acceptors (Lipinski definition) is 4. The first-order valence-corrected chi connectivity index (χ1v) is 10.6. The molecule has 1 aliphatic carbocycles. The van der Waals surface area contributed by atoms with Crippen LogP contribution in [-0.4, -0.2) is 75.9 Å². The zero-order valence-corrected chi connectivity index (χ0v) is 17.2. The summed E-state index contributed by atoms with van der Waals surface area (Å²) in [6.07, 6.45) is 11.4. The van der Waals surface area contributed by atoms with Gasteiger partial charge in [-0.05, 0) is 38.5 Å². The fraction of sp³-hybridized carbons (Fsp3) is 0.900. The number of hydrogen-bond donors (Lipinski definition) is 2. The van der Waals surface area contributed by atoms with E-state index in [2.05, 4.69) is 15.6 Å². The van der Waals surface area contributed by atoms with E-state index in [1.165, 1.54) is 38.5 Å². The molecule has 7 nitrogen and oxygen atoms in total. The fourth-order valence-corrected chi connectivity index (χ4v) is 3.40. The Morgan fingerprint density at radius 3 is 2.59 bits per heavy atom. The van der Waals surface area contributed by atoms with Crippen LogP contribution in [0.1, 0.15) is 57.8 Å². The topological polar surface area (TPSA) is 75.2 Å². The molecule has 0 spiro atoms. The molecule has 0 radical (unpaired) electrons. The highest BCUT2D eigenvalue weighted by atomic mass is 16.5. The summed E-state index contributed by atoms with van der Waals surface area (Å²) in [5, 5.41) is 6.65. The van der Waals surface area contributed by atoms with Crippen molar-refractivity contribution in [3.63, 3.8) is 0 Å². The van der Waals surface area contributed by atoms with Crippen molar-refractivity contribution in [2.75, 3.05) is 46.9 Å². The molecule has 2 N–H and O–H groups in total. The first-order chi connectivity index (χ1) is 13.1. The van der Waals surface area contributed by atoms with E-state index in [9.17, 15) is 4.79 Å². The van der Waals surface area contributed by atoms with Crippen LogP contribution in [0.5, 0.6) is 0 Å². The summed E-state index contributed by atoms with van der Waals surface area (Å²) >= 11 is 0. The summed E-state index contributed by atoms with van der Waals surface area (Å²) in [5.74, 6) is 0.669. The van der Waals surface area contributed by atoms with E-state index < -0.39 is 0 Å². The van der Waals surface area contributed by atoms with Crippen LogP contribution in [0.3, 0.4) is 0 Å².